The Morgan fingerprint density at radius 3 is 2.27 bits per heavy atom. The van der Waals surface area contributed by atoms with Gasteiger partial charge in [-0.15, -0.1) is 0 Å². The first-order valence-electron chi connectivity index (χ1n) is 4.43. The molecule has 0 aliphatic heterocycles. The van der Waals surface area contributed by atoms with Crippen LogP contribution in [0.25, 0.3) is 0 Å². The molecule has 1 atom stereocenters. The van der Waals surface area contributed by atoms with Gasteiger partial charge >= 0.3 is 0 Å². The third-order valence-corrected chi connectivity index (χ3v) is 3.71. The minimum Gasteiger partial charge on any atom is -0.411 e. The molecule has 0 heterocycles. The van der Waals surface area contributed by atoms with Gasteiger partial charge < -0.3 is 5.21 Å². The molecule has 0 fully saturated rings. The summed E-state index contributed by atoms with van der Waals surface area (Å²) < 4.78 is 22.6. The van der Waals surface area contributed by atoms with Crippen molar-refractivity contribution in [3.05, 3.63) is 35.9 Å². The molecule has 0 aromatic heterocycles. The summed E-state index contributed by atoms with van der Waals surface area (Å²) in [5.41, 5.74) is 0.774. The van der Waals surface area contributed by atoms with E-state index in [0.717, 1.165) is 6.26 Å². The SMILES string of the molecule is C[C@@H](/C(=N\O)c1ccccc1)S(C)(=O)=O. The van der Waals surface area contributed by atoms with E-state index in [0.29, 0.717) is 5.56 Å². The van der Waals surface area contributed by atoms with Crippen LogP contribution < -0.4 is 0 Å². The molecular formula is C10H13NO3S. The fraction of sp³-hybridized carbons (Fsp3) is 0.300. The fourth-order valence-corrected chi connectivity index (χ4v) is 1.77. The van der Waals surface area contributed by atoms with Crippen molar-refractivity contribution in [1.29, 1.82) is 0 Å². The molecule has 0 aliphatic carbocycles. The number of rotatable bonds is 3. The van der Waals surface area contributed by atoms with Gasteiger partial charge in [-0.2, -0.15) is 0 Å². The average Bonchev–Trinajstić information content (AvgIpc) is 2.19. The number of sulfone groups is 1. The third kappa shape index (κ3) is 2.79. The molecular weight excluding hydrogens is 214 g/mol. The van der Waals surface area contributed by atoms with Crippen LogP contribution >= 0.6 is 0 Å². The van der Waals surface area contributed by atoms with Gasteiger partial charge in [-0.1, -0.05) is 35.5 Å². The van der Waals surface area contributed by atoms with Gasteiger partial charge in [0.05, 0.1) is 0 Å². The molecule has 4 nitrogen and oxygen atoms in total. The Bertz CT molecular complexity index is 451. The summed E-state index contributed by atoms with van der Waals surface area (Å²) >= 11 is 0. The molecule has 0 amide bonds. The molecule has 1 rings (SSSR count). The van der Waals surface area contributed by atoms with Crippen molar-refractivity contribution < 1.29 is 13.6 Å². The van der Waals surface area contributed by atoms with Crippen molar-refractivity contribution in [3.63, 3.8) is 0 Å². The third-order valence-electron chi connectivity index (χ3n) is 2.20. The highest BCUT2D eigenvalue weighted by molar-refractivity contribution is 7.92. The molecule has 1 aromatic carbocycles. The second-order valence-corrected chi connectivity index (χ2v) is 5.69. The van der Waals surface area contributed by atoms with E-state index in [4.69, 9.17) is 5.21 Å². The zero-order valence-electron chi connectivity index (χ0n) is 8.58. The molecule has 0 unspecified atom stereocenters. The summed E-state index contributed by atoms with van der Waals surface area (Å²) in [6, 6.07) is 8.74. The fourth-order valence-electron chi connectivity index (χ4n) is 1.19. The van der Waals surface area contributed by atoms with Gasteiger partial charge in [0.2, 0.25) is 0 Å². The lowest BCUT2D eigenvalue weighted by molar-refractivity contribution is 0.318. The second kappa shape index (κ2) is 4.44. The largest absolute Gasteiger partial charge is 0.411 e. The standard InChI is InChI=1S/C10H13NO3S/c1-8(15(2,13)14)10(11-12)9-6-4-3-5-7-9/h3-8,12H,1-2H3/b11-10+/t8-/m0/s1. The molecule has 0 bridgehead atoms. The van der Waals surface area contributed by atoms with E-state index in [1.807, 2.05) is 6.07 Å². The minimum absolute atomic E-state index is 0.165. The van der Waals surface area contributed by atoms with Gasteiger partial charge in [0.25, 0.3) is 0 Å². The quantitative estimate of drug-likeness (QED) is 0.481. The maximum absolute atomic E-state index is 11.3. The second-order valence-electron chi connectivity index (χ2n) is 3.32. The maximum atomic E-state index is 11.3. The lowest BCUT2D eigenvalue weighted by atomic mass is 10.1. The summed E-state index contributed by atoms with van der Waals surface area (Å²) in [6.07, 6.45) is 1.12. The van der Waals surface area contributed by atoms with E-state index in [9.17, 15) is 8.42 Å². The van der Waals surface area contributed by atoms with Crippen LogP contribution in [0.3, 0.4) is 0 Å². The average molecular weight is 227 g/mol. The zero-order valence-corrected chi connectivity index (χ0v) is 9.40. The Kier molecular flexibility index (Phi) is 3.47. The summed E-state index contributed by atoms with van der Waals surface area (Å²) in [5, 5.41) is 11.1. The monoisotopic (exact) mass is 227 g/mol. The minimum atomic E-state index is -3.25. The van der Waals surface area contributed by atoms with E-state index < -0.39 is 15.1 Å². The molecule has 0 spiro atoms. The highest BCUT2D eigenvalue weighted by Crippen LogP contribution is 2.10. The summed E-state index contributed by atoms with van der Waals surface area (Å²) in [6.45, 7) is 1.50. The van der Waals surface area contributed by atoms with Crippen molar-refractivity contribution in [2.24, 2.45) is 5.16 Å². The summed E-state index contributed by atoms with van der Waals surface area (Å²) in [5.74, 6) is 0. The number of nitrogens with zero attached hydrogens (tertiary/aromatic N) is 1. The topological polar surface area (TPSA) is 66.7 Å². The van der Waals surface area contributed by atoms with E-state index in [-0.39, 0.29) is 5.71 Å². The number of oxime groups is 1. The molecule has 0 radical (unpaired) electrons. The summed E-state index contributed by atoms with van der Waals surface area (Å²) in [4.78, 5) is 0. The van der Waals surface area contributed by atoms with Crippen LogP contribution in [0.4, 0.5) is 0 Å². The lowest BCUT2D eigenvalue weighted by Crippen LogP contribution is -2.27. The van der Waals surface area contributed by atoms with Crippen LogP contribution in [-0.4, -0.2) is 30.8 Å². The van der Waals surface area contributed by atoms with E-state index in [1.54, 1.807) is 24.3 Å². The Morgan fingerprint density at radius 2 is 1.87 bits per heavy atom. The van der Waals surface area contributed by atoms with Crippen molar-refractivity contribution in [3.8, 4) is 0 Å². The molecule has 1 N–H and O–H groups in total. The van der Waals surface area contributed by atoms with Gasteiger partial charge in [-0.25, -0.2) is 8.42 Å². The predicted octanol–water partition coefficient (Wildman–Crippen LogP) is 1.30. The Labute approximate surface area is 89.2 Å². The van der Waals surface area contributed by atoms with Gasteiger partial charge in [-0.05, 0) is 6.92 Å². The first-order valence-corrected chi connectivity index (χ1v) is 6.38. The maximum Gasteiger partial charge on any atom is 0.155 e. The van der Waals surface area contributed by atoms with Crippen molar-refractivity contribution in [2.75, 3.05) is 6.26 Å². The zero-order chi connectivity index (χ0) is 11.5. The van der Waals surface area contributed by atoms with E-state index in [2.05, 4.69) is 5.16 Å². The van der Waals surface area contributed by atoms with Crippen molar-refractivity contribution >= 4 is 15.5 Å². The smallest absolute Gasteiger partial charge is 0.155 e. The number of hydrogen-bond donors (Lipinski definition) is 1. The highest BCUT2D eigenvalue weighted by Gasteiger charge is 2.23. The molecule has 15 heavy (non-hydrogen) atoms. The molecule has 0 saturated heterocycles. The molecule has 82 valence electrons. The van der Waals surface area contributed by atoms with Gasteiger partial charge in [-0.3, -0.25) is 0 Å². The Morgan fingerprint density at radius 1 is 1.33 bits per heavy atom. The number of benzene rings is 1. The van der Waals surface area contributed by atoms with Gasteiger partial charge in [0.1, 0.15) is 11.0 Å². The van der Waals surface area contributed by atoms with Crippen LogP contribution in [0.15, 0.2) is 35.5 Å². The van der Waals surface area contributed by atoms with Crippen LogP contribution in [0.1, 0.15) is 12.5 Å². The lowest BCUT2D eigenvalue weighted by Gasteiger charge is -2.11. The van der Waals surface area contributed by atoms with Gasteiger partial charge in [0.15, 0.2) is 9.84 Å². The van der Waals surface area contributed by atoms with Crippen LogP contribution in [0.5, 0.6) is 0 Å². The molecule has 0 aliphatic rings. The Balaban J connectivity index is 3.13. The van der Waals surface area contributed by atoms with Crippen LogP contribution in [0, 0.1) is 0 Å². The van der Waals surface area contributed by atoms with E-state index >= 15 is 0 Å². The Hall–Kier alpha value is -1.36. The van der Waals surface area contributed by atoms with Crippen molar-refractivity contribution in [1.82, 2.24) is 0 Å². The summed E-state index contributed by atoms with van der Waals surface area (Å²) in [7, 11) is -3.25. The van der Waals surface area contributed by atoms with Gasteiger partial charge in [0, 0.05) is 11.8 Å². The normalized spacial score (nSPS) is 14.9. The van der Waals surface area contributed by atoms with E-state index in [1.165, 1.54) is 6.92 Å². The molecule has 5 heteroatoms. The van der Waals surface area contributed by atoms with Crippen LogP contribution in [-0.2, 0) is 9.84 Å². The first-order chi connectivity index (χ1) is 6.96. The molecule has 0 saturated carbocycles. The van der Waals surface area contributed by atoms with Crippen molar-refractivity contribution in [2.45, 2.75) is 12.2 Å². The first kappa shape index (κ1) is 11.7. The molecule has 1 aromatic rings. The predicted molar refractivity (Wildman–Crippen MR) is 59.1 cm³/mol. The highest BCUT2D eigenvalue weighted by atomic mass is 32.2. The van der Waals surface area contributed by atoms with Crippen LogP contribution in [0.2, 0.25) is 0 Å². The number of hydrogen-bond acceptors (Lipinski definition) is 4.